The molecular formula is C15H15N3O. The molecule has 1 saturated carbocycles. The highest BCUT2D eigenvalue weighted by atomic mass is 16.1. The van der Waals surface area contributed by atoms with E-state index in [1.54, 1.807) is 6.20 Å². The maximum absolute atomic E-state index is 11.8. The fourth-order valence-corrected chi connectivity index (χ4v) is 2.83. The summed E-state index contributed by atoms with van der Waals surface area (Å²) in [5.41, 5.74) is 3.00. The molecule has 1 aromatic heterocycles. The largest absolute Gasteiger partial charge is 0.366 e. The second kappa shape index (κ2) is 3.95. The summed E-state index contributed by atoms with van der Waals surface area (Å²) >= 11 is 0. The zero-order chi connectivity index (χ0) is 12.8. The van der Waals surface area contributed by atoms with E-state index in [1.807, 2.05) is 18.2 Å². The molecule has 19 heavy (non-hydrogen) atoms. The Hall–Kier alpha value is -2.10. The van der Waals surface area contributed by atoms with Crippen molar-refractivity contribution in [3.05, 3.63) is 30.5 Å². The fourth-order valence-electron chi connectivity index (χ4n) is 2.83. The van der Waals surface area contributed by atoms with E-state index in [-0.39, 0.29) is 5.91 Å². The van der Waals surface area contributed by atoms with Crippen LogP contribution in [0.3, 0.4) is 0 Å². The number of hydrogen-bond donors (Lipinski definition) is 1. The number of hydrogen-bond acceptors (Lipinski definition) is 3. The van der Waals surface area contributed by atoms with Crippen LogP contribution in [-0.4, -0.2) is 23.5 Å². The topological polar surface area (TPSA) is 45.2 Å². The quantitative estimate of drug-likeness (QED) is 0.849. The molecule has 2 heterocycles. The van der Waals surface area contributed by atoms with Gasteiger partial charge in [-0.25, -0.2) is 0 Å². The van der Waals surface area contributed by atoms with E-state index in [1.165, 1.54) is 12.8 Å². The smallest absolute Gasteiger partial charge is 0.226 e. The van der Waals surface area contributed by atoms with E-state index in [0.29, 0.717) is 12.5 Å². The third-order valence-electron chi connectivity index (χ3n) is 3.88. The van der Waals surface area contributed by atoms with Crippen LogP contribution in [0.25, 0.3) is 10.9 Å². The zero-order valence-electron chi connectivity index (χ0n) is 10.6. The van der Waals surface area contributed by atoms with Gasteiger partial charge in [-0.05, 0) is 18.9 Å². The van der Waals surface area contributed by atoms with Gasteiger partial charge in [-0.3, -0.25) is 9.78 Å². The van der Waals surface area contributed by atoms with Gasteiger partial charge >= 0.3 is 0 Å². The summed E-state index contributed by atoms with van der Waals surface area (Å²) in [5, 5.41) is 4.12. The van der Waals surface area contributed by atoms with Crippen molar-refractivity contribution in [1.82, 2.24) is 4.98 Å². The SMILES string of the molecule is O=C1CCN(C2CC2)c2c(cnc3ccccc23)N1. The van der Waals surface area contributed by atoms with Crippen LogP contribution in [0.15, 0.2) is 30.5 Å². The lowest BCUT2D eigenvalue weighted by atomic mass is 10.1. The standard InChI is InChI=1S/C15H15N3O/c19-14-7-8-18(10-5-6-10)15-11-3-1-2-4-12(11)16-9-13(15)17-14/h1-4,9-10H,5-8H2,(H,17,19). The van der Waals surface area contributed by atoms with E-state index < -0.39 is 0 Å². The molecule has 1 aliphatic carbocycles. The van der Waals surface area contributed by atoms with Crippen LogP contribution in [0, 0.1) is 0 Å². The Morgan fingerprint density at radius 1 is 1.26 bits per heavy atom. The maximum atomic E-state index is 11.8. The minimum absolute atomic E-state index is 0.0847. The van der Waals surface area contributed by atoms with Crippen LogP contribution in [-0.2, 0) is 4.79 Å². The van der Waals surface area contributed by atoms with Crippen molar-refractivity contribution in [2.75, 3.05) is 16.8 Å². The van der Waals surface area contributed by atoms with E-state index in [2.05, 4.69) is 21.3 Å². The molecule has 2 aliphatic rings. The molecule has 1 fully saturated rings. The normalized spacial score (nSPS) is 18.9. The van der Waals surface area contributed by atoms with Gasteiger partial charge in [0.2, 0.25) is 5.91 Å². The molecule has 0 saturated heterocycles. The molecule has 0 bridgehead atoms. The first-order chi connectivity index (χ1) is 9.33. The van der Waals surface area contributed by atoms with Gasteiger partial charge in [0.05, 0.1) is 23.1 Å². The Morgan fingerprint density at radius 2 is 2.11 bits per heavy atom. The van der Waals surface area contributed by atoms with E-state index in [9.17, 15) is 4.79 Å². The van der Waals surface area contributed by atoms with Crippen molar-refractivity contribution >= 4 is 28.2 Å². The summed E-state index contributed by atoms with van der Waals surface area (Å²) in [4.78, 5) is 18.6. The Labute approximate surface area is 111 Å². The van der Waals surface area contributed by atoms with Gasteiger partial charge in [-0.15, -0.1) is 0 Å². The lowest BCUT2D eigenvalue weighted by Crippen LogP contribution is -2.27. The molecule has 1 N–H and O–H groups in total. The number of carbonyl (C=O) groups is 1. The number of rotatable bonds is 1. The molecule has 96 valence electrons. The molecule has 4 rings (SSSR count). The number of fused-ring (bicyclic) bond motifs is 3. The third-order valence-corrected chi connectivity index (χ3v) is 3.88. The summed E-state index contributed by atoms with van der Waals surface area (Å²) in [5.74, 6) is 0.0847. The van der Waals surface area contributed by atoms with Crippen molar-refractivity contribution in [2.45, 2.75) is 25.3 Å². The number of para-hydroxylation sites is 1. The van der Waals surface area contributed by atoms with E-state index >= 15 is 0 Å². The Bertz CT molecular complexity index is 663. The van der Waals surface area contributed by atoms with Crippen molar-refractivity contribution < 1.29 is 4.79 Å². The van der Waals surface area contributed by atoms with Crippen LogP contribution < -0.4 is 10.2 Å². The minimum atomic E-state index is 0.0847. The highest BCUT2D eigenvalue weighted by molar-refractivity contribution is 6.05. The Morgan fingerprint density at radius 3 is 2.95 bits per heavy atom. The molecule has 4 heteroatoms. The van der Waals surface area contributed by atoms with Gasteiger partial charge < -0.3 is 10.2 Å². The van der Waals surface area contributed by atoms with E-state index in [4.69, 9.17) is 0 Å². The molecular weight excluding hydrogens is 238 g/mol. The molecule has 1 aliphatic heterocycles. The first kappa shape index (κ1) is 10.8. The van der Waals surface area contributed by atoms with Gasteiger partial charge in [0, 0.05) is 24.4 Å². The molecule has 4 nitrogen and oxygen atoms in total. The molecule has 1 amide bonds. The molecule has 0 radical (unpaired) electrons. The van der Waals surface area contributed by atoms with Crippen molar-refractivity contribution in [1.29, 1.82) is 0 Å². The highest BCUT2D eigenvalue weighted by Gasteiger charge is 2.33. The van der Waals surface area contributed by atoms with Gasteiger partial charge in [0.25, 0.3) is 0 Å². The molecule has 2 aromatic rings. The van der Waals surface area contributed by atoms with Gasteiger partial charge in [-0.1, -0.05) is 18.2 Å². The average molecular weight is 253 g/mol. The Kier molecular flexibility index (Phi) is 2.24. The summed E-state index contributed by atoms with van der Waals surface area (Å²) in [7, 11) is 0. The van der Waals surface area contributed by atoms with E-state index in [0.717, 1.165) is 28.8 Å². The first-order valence-corrected chi connectivity index (χ1v) is 6.77. The lowest BCUT2D eigenvalue weighted by molar-refractivity contribution is -0.115. The monoisotopic (exact) mass is 253 g/mol. The van der Waals surface area contributed by atoms with Crippen LogP contribution in [0.1, 0.15) is 19.3 Å². The number of anilines is 2. The fraction of sp³-hybridized carbons (Fsp3) is 0.333. The second-order valence-electron chi connectivity index (χ2n) is 5.26. The predicted octanol–water partition coefficient (Wildman–Crippen LogP) is 2.55. The van der Waals surface area contributed by atoms with Crippen LogP contribution in [0.2, 0.25) is 0 Å². The second-order valence-corrected chi connectivity index (χ2v) is 5.26. The summed E-state index contributed by atoms with van der Waals surface area (Å²) in [6.45, 7) is 0.803. The summed E-state index contributed by atoms with van der Waals surface area (Å²) in [6, 6.07) is 8.74. The maximum Gasteiger partial charge on any atom is 0.226 e. The number of pyridine rings is 1. The van der Waals surface area contributed by atoms with Crippen LogP contribution in [0.4, 0.5) is 11.4 Å². The molecule has 1 aromatic carbocycles. The van der Waals surface area contributed by atoms with Gasteiger partial charge in [-0.2, -0.15) is 0 Å². The summed E-state index contributed by atoms with van der Waals surface area (Å²) in [6.07, 6.45) is 4.80. The summed E-state index contributed by atoms with van der Waals surface area (Å²) < 4.78 is 0. The molecule has 0 spiro atoms. The minimum Gasteiger partial charge on any atom is -0.366 e. The number of nitrogens with zero attached hydrogens (tertiary/aromatic N) is 2. The predicted molar refractivity (Wildman–Crippen MR) is 75.4 cm³/mol. The van der Waals surface area contributed by atoms with Crippen LogP contribution >= 0.6 is 0 Å². The highest BCUT2D eigenvalue weighted by Crippen LogP contribution is 2.41. The van der Waals surface area contributed by atoms with Crippen molar-refractivity contribution in [2.24, 2.45) is 0 Å². The van der Waals surface area contributed by atoms with Crippen molar-refractivity contribution in [3.63, 3.8) is 0 Å². The van der Waals surface area contributed by atoms with Crippen molar-refractivity contribution in [3.8, 4) is 0 Å². The van der Waals surface area contributed by atoms with Gasteiger partial charge in [0.15, 0.2) is 0 Å². The average Bonchev–Trinajstić information content (AvgIpc) is 3.24. The lowest BCUT2D eigenvalue weighted by Gasteiger charge is -2.25. The molecule has 0 unspecified atom stereocenters. The number of benzene rings is 1. The number of aromatic nitrogens is 1. The first-order valence-electron chi connectivity index (χ1n) is 6.77. The number of amides is 1. The van der Waals surface area contributed by atoms with Gasteiger partial charge in [0.1, 0.15) is 0 Å². The zero-order valence-corrected chi connectivity index (χ0v) is 10.6. The van der Waals surface area contributed by atoms with Crippen LogP contribution in [0.5, 0.6) is 0 Å². The molecule has 0 atom stereocenters. The third kappa shape index (κ3) is 1.75. The Balaban J connectivity index is 1.97. The number of carbonyl (C=O) groups excluding carboxylic acids is 1. The number of nitrogens with one attached hydrogen (secondary N) is 1.